The van der Waals surface area contributed by atoms with Crippen LogP contribution in [0.2, 0.25) is 0 Å². The molecule has 0 saturated heterocycles. The van der Waals surface area contributed by atoms with Gasteiger partial charge in [0.1, 0.15) is 5.75 Å². The van der Waals surface area contributed by atoms with E-state index in [-0.39, 0.29) is 24.3 Å². The summed E-state index contributed by atoms with van der Waals surface area (Å²) >= 11 is 0. The van der Waals surface area contributed by atoms with Gasteiger partial charge in [-0.2, -0.15) is 0 Å². The second kappa shape index (κ2) is 10.2. The maximum Gasteiger partial charge on any atom is 0.341 e. The molecule has 6 nitrogen and oxygen atoms in total. The molecule has 0 bridgehead atoms. The van der Waals surface area contributed by atoms with Gasteiger partial charge in [0.15, 0.2) is 6.61 Å². The average molecular weight is 445 g/mol. The zero-order valence-corrected chi connectivity index (χ0v) is 18.4. The monoisotopic (exact) mass is 444 g/mol. The van der Waals surface area contributed by atoms with Crippen LogP contribution in [0, 0.1) is 11.8 Å². The van der Waals surface area contributed by atoms with Crippen LogP contribution in [-0.4, -0.2) is 30.1 Å². The highest BCUT2D eigenvalue weighted by Crippen LogP contribution is 2.37. The zero-order valence-electron chi connectivity index (χ0n) is 18.4. The molecule has 0 aliphatic heterocycles. The number of benzene rings is 3. The third-order valence-corrected chi connectivity index (χ3v) is 6.28. The molecule has 0 aromatic heterocycles. The van der Waals surface area contributed by atoms with Crippen molar-refractivity contribution in [2.75, 3.05) is 18.1 Å². The Morgan fingerprint density at radius 2 is 1.61 bits per heavy atom. The van der Waals surface area contributed by atoms with Crippen LogP contribution in [-0.2, 0) is 22.4 Å². The van der Waals surface area contributed by atoms with Gasteiger partial charge >= 0.3 is 5.97 Å². The number of ether oxygens (including phenoxy) is 1. The normalized spacial score (nSPS) is 15.8. The first-order valence-corrected chi connectivity index (χ1v) is 11.1. The van der Waals surface area contributed by atoms with E-state index < -0.39 is 5.97 Å². The van der Waals surface area contributed by atoms with Gasteiger partial charge in [-0.1, -0.05) is 48.5 Å². The van der Waals surface area contributed by atoms with E-state index in [1.54, 1.807) is 6.07 Å². The lowest BCUT2D eigenvalue weighted by Gasteiger charge is -2.35. The van der Waals surface area contributed by atoms with Crippen LogP contribution in [0.1, 0.15) is 17.5 Å². The molecule has 4 rings (SSSR count). The Bertz CT molecular complexity index is 1060. The van der Waals surface area contributed by atoms with Crippen LogP contribution in [0.5, 0.6) is 5.75 Å². The van der Waals surface area contributed by atoms with Gasteiger partial charge in [0.2, 0.25) is 5.91 Å². The molecule has 3 N–H and O–H groups in total. The summed E-state index contributed by atoms with van der Waals surface area (Å²) in [6.45, 7) is 0.117. The van der Waals surface area contributed by atoms with E-state index in [0.717, 1.165) is 35.3 Å². The van der Waals surface area contributed by atoms with Crippen molar-refractivity contribution in [3.05, 3.63) is 90.0 Å². The SMILES string of the molecule is NC(=O)C(CN(c1ccccc1)c1ccccc1)C1CCc2c(cccc2OCC(=O)O)C1. The molecule has 0 spiro atoms. The van der Waals surface area contributed by atoms with Crippen molar-refractivity contribution in [1.82, 2.24) is 0 Å². The second-order valence-electron chi connectivity index (χ2n) is 8.37. The number of nitrogens with zero attached hydrogens (tertiary/aromatic N) is 1. The summed E-state index contributed by atoms with van der Waals surface area (Å²) in [4.78, 5) is 25.7. The van der Waals surface area contributed by atoms with E-state index in [1.807, 2.05) is 72.8 Å². The molecule has 3 aromatic rings. The first-order valence-electron chi connectivity index (χ1n) is 11.1. The first-order chi connectivity index (χ1) is 16.0. The standard InChI is InChI=1S/C27H28N2O4/c28-27(32)24(17-29(21-9-3-1-4-10-21)22-11-5-2-6-12-22)20-14-15-23-19(16-20)8-7-13-25(23)33-18-26(30)31/h1-13,20,24H,14-18H2,(H2,28,32)(H,30,31). The lowest BCUT2D eigenvalue weighted by molar-refractivity contribution is -0.139. The summed E-state index contributed by atoms with van der Waals surface area (Å²) in [6, 6.07) is 25.7. The minimum Gasteiger partial charge on any atom is -0.482 e. The van der Waals surface area contributed by atoms with Gasteiger partial charge in [-0.3, -0.25) is 4.79 Å². The van der Waals surface area contributed by atoms with Crippen molar-refractivity contribution in [3.63, 3.8) is 0 Å². The van der Waals surface area contributed by atoms with E-state index in [1.165, 1.54) is 0 Å². The number of carboxylic acids is 1. The van der Waals surface area contributed by atoms with Gasteiger partial charge in [0.05, 0.1) is 5.92 Å². The summed E-state index contributed by atoms with van der Waals surface area (Å²) in [7, 11) is 0. The number of rotatable bonds is 9. The maximum absolute atomic E-state index is 12.7. The van der Waals surface area contributed by atoms with Crippen molar-refractivity contribution in [2.24, 2.45) is 17.6 Å². The van der Waals surface area contributed by atoms with E-state index in [4.69, 9.17) is 15.6 Å². The Hall–Kier alpha value is -3.80. The number of carboxylic acid groups (broad SMARTS) is 1. The largest absolute Gasteiger partial charge is 0.482 e. The quantitative estimate of drug-likeness (QED) is 0.516. The number of hydrogen-bond donors (Lipinski definition) is 2. The number of anilines is 2. The van der Waals surface area contributed by atoms with Crippen molar-refractivity contribution in [2.45, 2.75) is 19.3 Å². The summed E-state index contributed by atoms with van der Waals surface area (Å²) in [5, 5.41) is 8.95. The molecule has 1 amide bonds. The van der Waals surface area contributed by atoms with Crippen LogP contribution >= 0.6 is 0 Å². The number of carbonyl (C=O) groups excluding carboxylic acids is 1. The van der Waals surface area contributed by atoms with Gasteiger partial charge in [0.25, 0.3) is 0 Å². The number of amides is 1. The Morgan fingerprint density at radius 1 is 0.970 bits per heavy atom. The van der Waals surface area contributed by atoms with Crippen molar-refractivity contribution in [3.8, 4) is 5.75 Å². The number of aliphatic carboxylic acids is 1. The van der Waals surface area contributed by atoms with Crippen LogP contribution in [0.15, 0.2) is 78.9 Å². The zero-order chi connectivity index (χ0) is 23.2. The highest BCUT2D eigenvalue weighted by Gasteiger charge is 2.33. The Morgan fingerprint density at radius 3 is 2.18 bits per heavy atom. The fourth-order valence-corrected chi connectivity index (χ4v) is 4.66. The molecule has 1 aliphatic rings. The number of fused-ring (bicyclic) bond motifs is 1. The highest BCUT2D eigenvalue weighted by molar-refractivity contribution is 5.79. The number of hydrogen-bond acceptors (Lipinski definition) is 4. The van der Waals surface area contributed by atoms with Gasteiger partial charge in [-0.25, -0.2) is 4.79 Å². The van der Waals surface area contributed by atoms with E-state index >= 15 is 0 Å². The van der Waals surface area contributed by atoms with Crippen molar-refractivity contribution >= 4 is 23.3 Å². The minimum atomic E-state index is -1.00. The predicted octanol–water partition coefficient (Wildman–Crippen LogP) is 4.19. The summed E-state index contributed by atoms with van der Waals surface area (Å²) in [5.74, 6) is -0.962. The van der Waals surface area contributed by atoms with E-state index in [0.29, 0.717) is 18.7 Å². The fourth-order valence-electron chi connectivity index (χ4n) is 4.66. The van der Waals surface area contributed by atoms with E-state index in [9.17, 15) is 9.59 Å². The van der Waals surface area contributed by atoms with E-state index in [2.05, 4.69) is 4.90 Å². The molecule has 170 valence electrons. The average Bonchev–Trinajstić information content (AvgIpc) is 2.84. The van der Waals surface area contributed by atoms with Crippen LogP contribution < -0.4 is 15.4 Å². The maximum atomic E-state index is 12.7. The molecular formula is C27H28N2O4. The smallest absolute Gasteiger partial charge is 0.341 e. The molecule has 2 atom stereocenters. The minimum absolute atomic E-state index is 0.0830. The Labute approximate surface area is 193 Å². The summed E-state index contributed by atoms with van der Waals surface area (Å²) in [6.07, 6.45) is 2.20. The summed E-state index contributed by atoms with van der Waals surface area (Å²) < 4.78 is 5.49. The third kappa shape index (κ3) is 5.34. The molecule has 0 fully saturated rings. The molecular weight excluding hydrogens is 416 g/mol. The number of primary amides is 1. The molecule has 0 radical (unpaired) electrons. The molecule has 0 heterocycles. The van der Waals surface area contributed by atoms with Crippen LogP contribution in [0.25, 0.3) is 0 Å². The molecule has 2 unspecified atom stereocenters. The topological polar surface area (TPSA) is 92.9 Å². The number of carbonyl (C=O) groups is 2. The third-order valence-electron chi connectivity index (χ3n) is 6.28. The molecule has 3 aromatic carbocycles. The molecule has 0 saturated carbocycles. The number of para-hydroxylation sites is 2. The fraction of sp³-hybridized carbons (Fsp3) is 0.259. The molecule has 33 heavy (non-hydrogen) atoms. The van der Waals surface area contributed by atoms with Crippen LogP contribution in [0.4, 0.5) is 11.4 Å². The number of nitrogens with two attached hydrogens (primary N) is 1. The van der Waals surface area contributed by atoms with Gasteiger partial charge in [-0.05, 0) is 66.6 Å². The van der Waals surface area contributed by atoms with Crippen LogP contribution in [0.3, 0.4) is 0 Å². The van der Waals surface area contributed by atoms with Crippen molar-refractivity contribution in [1.29, 1.82) is 0 Å². The lowest BCUT2D eigenvalue weighted by Crippen LogP contribution is -2.40. The predicted molar refractivity (Wildman–Crippen MR) is 128 cm³/mol. The summed E-state index contributed by atoms with van der Waals surface area (Å²) in [5.41, 5.74) is 10.1. The molecule has 6 heteroatoms. The van der Waals surface area contributed by atoms with Gasteiger partial charge < -0.3 is 20.5 Å². The van der Waals surface area contributed by atoms with Crippen molar-refractivity contribution < 1.29 is 19.4 Å². The van der Waals surface area contributed by atoms with Gasteiger partial charge in [-0.15, -0.1) is 0 Å². The molecule has 1 aliphatic carbocycles. The lowest BCUT2D eigenvalue weighted by atomic mass is 9.76. The highest BCUT2D eigenvalue weighted by atomic mass is 16.5. The Kier molecular flexibility index (Phi) is 6.93. The first kappa shape index (κ1) is 22.4. The van der Waals surface area contributed by atoms with Gasteiger partial charge in [0, 0.05) is 17.9 Å². The second-order valence-corrected chi connectivity index (χ2v) is 8.37. The Balaban J connectivity index is 1.58.